The quantitative estimate of drug-likeness (QED) is 0.457. The number of amides is 4. The van der Waals surface area contributed by atoms with Crippen molar-refractivity contribution in [3.05, 3.63) is 29.3 Å². The number of carbonyl (C=O) groups is 4. The molecular formula is C18H21N3O5. The van der Waals surface area contributed by atoms with E-state index in [1.54, 1.807) is 6.07 Å². The average molecular weight is 359 g/mol. The molecule has 138 valence electrons. The summed E-state index contributed by atoms with van der Waals surface area (Å²) in [6.07, 6.45) is 1.05. The van der Waals surface area contributed by atoms with Crippen LogP contribution in [-0.2, 0) is 14.3 Å². The van der Waals surface area contributed by atoms with Gasteiger partial charge in [0.15, 0.2) is 0 Å². The molecule has 8 heteroatoms. The zero-order chi connectivity index (χ0) is 18.8. The van der Waals surface area contributed by atoms with Gasteiger partial charge >= 0.3 is 0 Å². The molecule has 2 aliphatic rings. The zero-order valence-corrected chi connectivity index (χ0v) is 14.6. The maximum Gasteiger partial charge on any atom is 0.264 e. The van der Waals surface area contributed by atoms with Crippen molar-refractivity contribution in [2.24, 2.45) is 0 Å². The molecule has 2 aliphatic heterocycles. The van der Waals surface area contributed by atoms with Crippen molar-refractivity contribution in [2.45, 2.75) is 32.2 Å². The molecule has 2 heterocycles. The number of hydrogen-bond acceptors (Lipinski definition) is 6. The van der Waals surface area contributed by atoms with Gasteiger partial charge in [-0.25, -0.2) is 0 Å². The van der Waals surface area contributed by atoms with Gasteiger partial charge in [-0.2, -0.15) is 0 Å². The summed E-state index contributed by atoms with van der Waals surface area (Å²) in [5, 5.41) is 0. The minimum Gasteiger partial charge on any atom is -0.398 e. The molecule has 1 saturated heterocycles. The van der Waals surface area contributed by atoms with Gasteiger partial charge in [0, 0.05) is 18.7 Å². The van der Waals surface area contributed by atoms with Gasteiger partial charge in [-0.3, -0.25) is 29.0 Å². The Bertz CT molecular complexity index is 776. The van der Waals surface area contributed by atoms with Gasteiger partial charge in [-0.15, -0.1) is 0 Å². The highest BCUT2D eigenvalue weighted by atomic mass is 16.5. The molecule has 0 bridgehead atoms. The van der Waals surface area contributed by atoms with Crippen molar-refractivity contribution in [3.8, 4) is 0 Å². The number of nitrogens with zero attached hydrogens (tertiary/aromatic N) is 2. The predicted octanol–water partition coefficient (Wildman–Crippen LogP) is 0.809. The van der Waals surface area contributed by atoms with Crippen LogP contribution in [0.25, 0.3) is 0 Å². The number of piperidine rings is 1. The summed E-state index contributed by atoms with van der Waals surface area (Å²) in [6.45, 7) is 2.84. The molecule has 1 aromatic rings. The van der Waals surface area contributed by atoms with Gasteiger partial charge in [0.2, 0.25) is 5.91 Å². The van der Waals surface area contributed by atoms with Gasteiger partial charge in [-0.05, 0) is 25.0 Å². The number of benzene rings is 1. The first-order valence-corrected chi connectivity index (χ1v) is 8.65. The summed E-state index contributed by atoms with van der Waals surface area (Å²) in [5.41, 5.74) is 6.35. The Morgan fingerprint density at radius 3 is 2.62 bits per heavy atom. The van der Waals surface area contributed by atoms with Crippen LogP contribution in [0.1, 0.15) is 46.9 Å². The lowest BCUT2D eigenvalue weighted by Gasteiger charge is -2.34. The topological polar surface area (TPSA) is 110 Å². The number of imide groups is 2. The molecule has 0 radical (unpaired) electrons. The van der Waals surface area contributed by atoms with Gasteiger partial charge < -0.3 is 10.5 Å². The highest BCUT2D eigenvalue weighted by molar-refractivity contribution is 6.25. The molecule has 0 spiro atoms. The van der Waals surface area contributed by atoms with E-state index >= 15 is 0 Å². The standard InChI is InChI=1S/C18H21N3O5/c1-2-9-26-10-8-20-14(22)7-6-13(17(20)24)21-16(23)11-4-3-5-12(19)15(11)18(21)25/h3-5,13H,2,6-10,19H2,1H3. The van der Waals surface area contributed by atoms with Crippen molar-refractivity contribution in [1.29, 1.82) is 0 Å². The van der Waals surface area contributed by atoms with Crippen LogP contribution >= 0.6 is 0 Å². The van der Waals surface area contributed by atoms with Gasteiger partial charge in [0.1, 0.15) is 6.04 Å². The van der Waals surface area contributed by atoms with E-state index < -0.39 is 23.8 Å². The predicted molar refractivity (Wildman–Crippen MR) is 92.2 cm³/mol. The number of ether oxygens (including phenoxy) is 1. The van der Waals surface area contributed by atoms with Crippen LogP contribution in [0.5, 0.6) is 0 Å². The van der Waals surface area contributed by atoms with Crippen LogP contribution in [0.4, 0.5) is 5.69 Å². The van der Waals surface area contributed by atoms with E-state index in [-0.39, 0.29) is 48.7 Å². The second kappa shape index (κ2) is 7.25. The number of likely N-dealkylation sites (tertiary alicyclic amines) is 1. The molecule has 1 unspecified atom stereocenters. The molecule has 8 nitrogen and oxygen atoms in total. The van der Waals surface area contributed by atoms with E-state index in [1.807, 2.05) is 6.92 Å². The zero-order valence-electron chi connectivity index (χ0n) is 14.6. The monoisotopic (exact) mass is 359 g/mol. The Labute approximate surface area is 150 Å². The largest absolute Gasteiger partial charge is 0.398 e. The van der Waals surface area contributed by atoms with E-state index in [0.29, 0.717) is 6.61 Å². The summed E-state index contributed by atoms with van der Waals surface area (Å²) < 4.78 is 5.34. The van der Waals surface area contributed by atoms with E-state index in [4.69, 9.17) is 10.5 Å². The summed E-state index contributed by atoms with van der Waals surface area (Å²) in [5.74, 6) is -2.00. The summed E-state index contributed by atoms with van der Waals surface area (Å²) in [7, 11) is 0. The van der Waals surface area contributed by atoms with E-state index in [2.05, 4.69) is 0 Å². The Morgan fingerprint density at radius 1 is 1.15 bits per heavy atom. The third-order valence-corrected chi connectivity index (χ3v) is 4.58. The molecule has 1 atom stereocenters. The van der Waals surface area contributed by atoms with Crippen LogP contribution in [0.3, 0.4) is 0 Å². The lowest BCUT2D eigenvalue weighted by molar-refractivity contribution is -0.152. The van der Waals surface area contributed by atoms with Crippen LogP contribution in [-0.4, -0.2) is 59.2 Å². The van der Waals surface area contributed by atoms with Gasteiger partial charge in [0.05, 0.1) is 24.3 Å². The number of hydrogen-bond donors (Lipinski definition) is 1. The summed E-state index contributed by atoms with van der Waals surface area (Å²) >= 11 is 0. The molecule has 4 amide bonds. The third-order valence-electron chi connectivity index (χ3n) is 4.58. The van der Waals surface area contributed by atoms with E-state index in [0.717, 1.165) is 16.2 Å². The second-order valence-corrected chi connectivity index (χ2v) is 6.30. The first kappa shape index (κ1) is 18.1. The van der Waals surface area contributed by atoms with Crippen molar-refractivity contribution in [2.75, 3.05) is 25.5 Å². The van der Waals surface area contributed by atoms with Crippen molar-refractivity contribution >= 4 is 29.3 Å². The van der Waals surface area contributed by atoms with Crippen LogP contribution in [0.2, 0.25) is 0 Å². The van der Waals surface area contributed by atoms with Gasteiger partial charge in [0.25, 0.3) is 17.7 Å². The molecule has 2 N–H and O–H groups in total. The number of fused-ring (bicyclic) bond motifs is 1. The highest BCUT2D eigenvalue weighted by Crippen LogP contribution is 2.31. The Kier molecular flexibility index (Phi) is 5.03. The lowest BCUT2D eigenvalue weighted by Crippen LogP contribution is -2.56. The number of nitrogen functional groups attached to an aromatic ring is 1. The number of rotatable bonds is 6. The number of nitrogens with two attached hydrogens (primary N) is 1. The normalized spacial score (nSPS) is 20.1. The Hall–Kier alpha value is -2.74. The lowest BCUT2D eigenvalue weighted by atomic mass is 10.0. The first-order valence-electron chi connectivity index (χ1n) is 8.65. The minimum atomic E-state index is -0.995. The van der Waals surface area contributed by atoms with Crippen LogP contribution in [0, 0.1) is 0 Å². The van der Waals surface area contributed by atoms with Crippen LogP contribution < -0.4 is 5.73 Å². The molecule has 3 rings (SSSR count). The molecule has 26 heavy (non-hydrogen) atoms. The molecule has 0 aliphatic carbocycles. The van der Waals surface area contributed by atoms with Crippen molar-refractivity contribution < 1.29 is 23.9 Å². The summed E-state index contributed by atoms with van der Waals surface area (Å²) in [6, 6.07) is 3.65. The number of carbonyl (C=O) groups excluding carboxylic acids is 4. The van der Waals surface area contributed by atoms with Gasteiger partial charge in [-0.1, -0.05) is 13.0 Å². The SMILES string of the molecule is CCCOCCN1C(=O)CCC(N2C(=O)c3cccc(N)c3C2=O)C1=O. The Balaban J connectivity index is 1.80. The van der Waals surface area contributed by atoms with Crippen LogP contribution in [0.15, 0.2) is 18.2 Å². The average Bonchev–Trinajstić information content (AvgIpc) is 2.87. The maximum absolute atomic E-state index is 12.8. The molecule has 0 aromatic heterocycles. The molecule has 1 fully saturated rings. The van der Waals surface area contributed by atoms with Crippen molar-refractivity contribution in [3.63, 3.8) is 0 Å². The van der Waals surface area contributed by atoms with E-state index in [9.17, 15) is 19.2 Å². The van der Waals surface area contributed by atoms with Crippen molar-refractivity contribution in [1.82, 2.24) is 9.80 Å². The van der Waals surface area contributed by atoms with E-state index in [1.165, 1.54) is 12.1 Å². The first-order chi connectivity index (χ1) is 12.5. The highest BCUT2D eigenvalue weighted by Gasteiger charge is 2.47. The molecular weight excluding hydrogens is 338 g/mol. The summed E-state index contributed by atoms with van der Waals surface area (Å²) in [4.78, 5) is 52.3. The molecule has 0 saturated carbocycles. The third kappa shape index (κ3) is 2.96. The molecule has 1 aromatic carbocycles. The fraction of sp³-hybridized carbons (Fsp3) is 0.444. The fourth-order valence-electron chi connectivity index (χ4n) is 3.31. The second-order valence-electron chi connectivity index (χ2n) is 6.30. The smallest absolute Gasteiger partial charge is 0.264 e. The minimum absolute atomic E-state index is 0.0903. The maximum atomic E-state index is 12.8. The Morgan fingerprint density at radius 2 is 1.92 bits per heavy atom. The number of anilines is 1. The fourth-order valence-corrected chi connectivity index (χ4v) is 3.31.